The Morgan fingerprint density at radius 2 is 2.06 bits per heavy atom. The first-order valence-corrected chi connectivity index (χ1v) is 6.05. The van der Waals surface area contributed by atoms with E-state index >= 15 is 0 Å². The van der Waals surface area contributed by atoms with Crippen LogP contribution in [-0.4, -0.2) is 28.0 Å². The van der Waals surface area contributed by atoms with Crippen LogP contribution in [0.5, 0.6) is 0 Å². The van der Waals surface area contributed by atoms with E-state index < -0.39 is 5.97 Å². The third-order valence-electron chi connectivity index (χ3n) is 2.24. The summed E-state index contributed by atoms with van der Waals surface area (Å²) in [6.45, 7) is 1.68. The predicted octanol–water partition coefficient (Wildman–Crippen LogP) is 2.56. The fourth-order valence-electron chi connectivity index (χ4n) is 1.39. The molecule has 0 aliphatic rings. The number of aldehydes is 1. The van der Waals surface area contributed by atoms with Gasteiger partial charge in [-0.05, 0) is 24.6 Å². The number of alkyl halides is 1. The molecule has 5 heteroatoms. The number of Topliss-reactive ketones (excluding diaryl/α,β-unsaturated/α-hetero) is 1. The van der Waals surface area contributed by atoms with E-state index in [1.54, 1.807) is 6.92 Å². The molecular formula is C13H11BrO4. The number of carbonyl (C=O) groups is 3. The van der Waals surface area contributed by atoms with E-state index in [2.05, 4.69) is 15.9 Å². The lowest BCUT2D eigenvalue weighted by molar-refractivity contribution is -0.131. The van der Waals surface area contributed by atoms with Crippen LogP contribution in [0.25, 0.3) is 6.08 Å². The lowest BCUT2D eigenvalue weighted by Crippen LogP contribution is -2.11. The Kier molecular flexibility index (Phi) is 4.97. The van der Waals surface area contributed by atoms with Crippen LogP contribution in [0.4, 0.5) is 0 Å². The highest BCUT2D eigenvalue weighted by Gasteiger charge is 2.15. The van der Waals surface area contributed by atoms with Crippen molar-refractivity contribution in [1.29, 1.82) is 0 Å². The molecule has 1 atom stereocenters. The Morgan fingerprint density at radius 3 is 2.56 bits per heavy atom. The predicted molar refractivity (Wildman–Crippen MR) is 71.2 cm³/mol. The Balaban J connectivity index is 3.28. The van der Waals surface area contributed by atoms with Crippen LogP contribution >= 0.6 is 15.9 Å². The third kappa shape index (κ3) is 3.63. The van der Waals surface area contributed by atoms with Crippen LogP contribution in [0.2, 0.25) is 0 Å². The fourth-order valence-corrected chi connectivity index (χ4v) is 1.64. The van der Waals surface area contributed by atoms with Crippen LogP contribution in [0, 0.1) is 0 Å². The van der Waals surface area contributed by atoms with Crippen LogP contribution in [0.3, 0.4) is 0 Å². The zero-order valence-corrected chi connectivity index (χ0v) is 11.2. The molecule has 1 N–H and O–H groups in total. The van der Waals surface area contributed by atoms with Gasteiger partial charge in [-0.3, -0.25) is 9.59 Å². The summed E-state index contributed by atoms with van der Waals surface area (Å²) < 4.78 is 0. The van der Waals surface area contributed by atoms with Crippen LogP contribution in [0.1, 0.15) is 33.2 Å². The van der Waals surface area contributed by atoms with E-state index in [0.717, 1.165) is 6.08 Å². The van der Waals surface area contributed by atoms with Crippen molar-refractivity contribution in [1.82, 2.24) is 0 Å². The summed E-state index contributed by atoms with van der Waals surface area (Å²) in [5.74, 6) is -1.28. The molecule has 0 aliphatic carbocycles. The van der Waals surface area contributed by atoms with Gasteiger partial charge in [0.05, 0.1) is 4.83 Å². The maximum Gasteiger partial charge on any atom is 0.328 e. The molecule has 0 saturated carbocycles. The molecule has 1 unspecified atom stereocenters. The normalized spacial score (nSPS) is 12.3. The minimum absolute atomic E-state index is 0.169. The molecule has 0 aromatic heterocycles. The van der Waals surface area contributed by atoms with Gasteiger partial charge in [-0.1, -0.05) is 28.1 Å². The van der Waals surface area contributed by atoms with Gasteiger partial charge in [0.25, 0.3) is 0 Å². The number of hydrogen-bond donors (Lipinski definition) is 1. The molecule has 1 aromatic rings. The zero-order valence-electron chi connectivity index (χ0n) is 9.59. The second kappa shape index (κ2) is 6.26. The minimum atomic E-state index is -1.11. The lowest BCUT2D eigenvalue weighted by atomic mass is 9.99. The smallest absolute Gasteiger partial charge is 0.328 e. The van der Waals surface area contributed by atoms with Gasteiger partial charge in [0.15, 0.2) is 5.78 Å². The van der Waals surface area contributed by atoms with Crippen molar-refractivity contribution < 1.29 is 19.5 Å². The molecule has 0 bridgehead atoms. The van der Waals surface area contributed by atoms with Crippen LogP contribution < -0.4 is 0 Å². The van der Waals surface area contributed by atoms with Gasteiger partial charge >= 0.3 is 5.97 Å². The standard InChI is InChI=1S/C13H11BrO4/c1-8(14)13(18)11-4-2-9(7-15)6-10(11)3-5-12(16)17/h2-8H,1H3,(H,16,17). The second-order valence-corrected chi connectivity index (χ2v) is 4.99. The summed E-state index contributed by atoms with van der Waals surface area (Å²) in [6, 6.07) is 4.52. The Bertz CT molecular complexity index is 518. The summed E-state index contributed by atoms with van der Waals surface area (Å²) in [6.07, 6.45) is 2.88. The molecule has 4 nitrogen and oxygen atoms in total. The van der Waals surface area contributed by atoms with E-state index in [1.807, 2.05) is 0 Å². The first kappa shape index (κ1) is 14.3. The topological polar surface area (TPSA) is 71.4 Å². The summed E-state index contributed by atoms with van der Waals surface area (Å²) in [7, 11) is 0. The van der Waals surface area contributed by atoms with Gasteiger partial charge in [-0.2, -0.15) is 0 Å². The number of carboxylic acid groups (broad SMARTS) is 1. The molecule has 94 valence electrons. The number of carbonyl (C=O) groups excluding carboxylic acids is 2. The highest BCUT2D eigenvalue weighted by Crippen LogP contribution is 2.18. The molecule has 0 amide bonds. The second-order valence-electron chi connectivity index (χ2n) is 3.62. The zero-order chi connectivity index (χ0) is 13.7. The van der Waals surface area contributed by atoms with Gasteiger partial charge in [0.2, 0.25) is 0 Å². The molecule has 0 spiro atoms. The lowest BCUT2D eigenvalue weighted by Gasteiger charge is -2.07. The number of benzene rings is 1. The molecule has 0 fully saturated rings. The van der Waals surface area contributed by atoms with Crippen LogP contribution in [0.15, 0.2) is 24.3 Å². The van der Waals surface area contributed by atoms with Crippen molar-refractivity contribution in [2.24, 2.45) is 0 Å². The maximum atomic E-state index is 11.9. The largest absolute Gasteiger partial charge is 0.478 e. The molecule has 0 aliphatic heterocycles. The van der Waals surface area contributed by atoms with Crippen molar-refractivity contribution >= 4 is 40.0 Å². The van der Waals surface area contributed by atoms with E-state index in [9.17, 15) is 14.4 Å². The first-order valence-electron chi connectivity index (χ1n) is 5.14. The Hall–Kier alpha value is -1.75. The summed E-state index contributed by atoms with van der Waals surface area (Å²) >= 11 is 3.17. The summed E-state index contributed by atoms with van der Waals surface area (Å²) in [5, 5.41) is 8.59. The van der Waals surface area contributed by atoms with Gasteiger partial charge in [0.1, 0.15) is 6.29 Å². The van der Waals surface area contributed by atoms with Crippen LogP contribution in [-0.2, 0) is 4.79 Å². The average Bonchev–Trinajstić information content (AvgIpc) is 2.34. The SMILES string of the molecule is CC(Br)C(=O)c1ccc(C=O)cc1C=CC(=O)O. The van der Waals surface area contributed by atoms with E-state index in [-0.39, 0.29) is 10.6 Å². The number of aliphatic carboxylic acids is 1. The molecule has 18 heavy (non-hydrogen) atoms. The number of ketones is 1. The molecule has 0 saturated heterocycles. The molecule has 0 heterocycles. The van der Waals surface area contributed by atoms with Gasteiger partial charge in [-0.25, -0.2) is 4.79 Å². The number of carboxylic acids is 1. The van der Waals surface area contributed by atoms with Crippen molar-refractivity contribution in [3.05, 3.63) is 41.0 Å². The summed E-state index contributed by atoms with van der Waals surface area (Å²) in [4.78, 5) is 32.7. The van der Waals surface area contributed by atoms with Crippen molar-refractivity contribution in [2.75, 3.05) is 0 Å². The number of halogens is 1. The summed E-state index contributed by atoms with van der Waals surface area (Å²) in [5.41, 5.74) is 1.18. The number of hydrogen-bond acceptors (Lipinski definition) is 3. The van der Waals surface area contributed by atoms with Gasteiger partial charge in [-0.15, -0.1) is 0 Å². The molecule has 1 rings (SSSR count). The fraction of sp³-hybridized carbons (Fsp3) is 0.154. The van der Waals surface area contributed by atoms with E-state index in [4.69, 9.17) is 5.11 Å². The third-order valence-corrected chi connectivity index (χ3v) is 2.66. The molecule has 1 aromatic carbocycles. The van der Waals surface area contributed by atoms with Crippen molar-refractivity contribution in [2.45, 2.75) is 11.8 Å². The average molecular weight is 311 g/mol. The monoisotopic (exact) mass is 310 g/mol. The Labute approximate surface area is 112 Å². The molecular weight excluding hydrogens is 300 g/mol. The van der Waals surface area contributed by atoms with Crippen molar-refractivity contribution in [3.63, 3.8) is 0 Å². The molecule has 0 radical (unpaired) electrons. The van der Waals surface area contributed by atoms with Gasteiger partial charge < -0.3 is 5.11 Å². The van der Waals surface area contributed by atoms with E-state index in [0.29, 0.717) is 23.0 Å². The Morgan fingerprint density at radius 1 is 1.39 bits per heavy atom. The first-order chi connectivity index (χ1) is 8.45. The van der Waals surface area contributed by atoms with E-state index in [1.165, 1.54) is 24.3 Å². The van der Waals surface area contributed by atoms with Crippen molar-refractivity contribution in [3.8, 4) is 0 Å². The minimum Gasteiger partial charge on any atom is -0.478 e. The highest BCUT2D eigenvalue weighted by atomic mass is 79.9. The number of rotatable bonds is 5. The quantitative estimate of drug-likeness (QED) is 0.393. The van der Waals surface area contributed by atoms with Gasteiger partial charge in [0, 0.05) is 17.2 Å². The highest BCUT2D eigenvalue weighted by molar-refractivity contribution is 9.10. The maximum absolute atomic E-state index is 11.9.